The van der Waals surface area contributed by atoms with Crippen LogP contribution in [0.25, 0.3) is 11.1 Å². The predicted molar refractivity (Wildman–Crippen MR) is 200 cm³/mol. The van der Waals surface area contributed by atoms with Gasteiger partial charge >= 0.3 is 5.97 Å². The van der Waals surface area contributed by atoms with E-state index in [0.29, 0.717) is 31.3 Å². The standard InChI is InChI=1S/C36H48N2O5.C3H5F.C2H6/c1-7-8-11-20-30-32(26-16-12-9-13-17-26)33(35(42)37-27-18-14-10-15-19-27)34(25(2)3)38(30)22-21-28(39)23-29(40)24-31(41)43-36(4,5)6;1-2-3-4;1-2/h8-19,25,28-29,39-40H,7,20-24H2,1-6H3,(H,37,42);2-3H,1H3;1-2H3/b11-8-;3-2+;/t28-,29?;;/m1../s1. The molecule has 0 aliphatic carbocycles. The lowest BCUT2D eigenvalue weighted by Crippen LogP contribution is -2.28. The van der Waals surface area contributed by atoms with E-state index in [0.717, 1.165) is 34.6 Å². The number of aliphatic hydroxyl groups is 2. The molecule has 1 aromatic heterocycles. The summed E-state index contributed by atoms with van der Waals surface area (Å²) in [7, 11) is 0. The molecule has 1 amide bonds. The number of nitrogens with zero attached hydrogens (tertiary/aromatic N) is 1. The normalized spacial score (nSPS) is 12.6. The van der Waals surface area contributed by atoms with Gasteiger partial charge in [-0.1, -0.05) is 101 Å². The monoisotopic (exact) mass is 678 g/mol. The maximum Gasteiger partial charge on any atom is 0.308 e. The van der Waals surface area contributed by atoms with E-state index in [2.05, 4.69) is 42.8 Å². The number of carbonyl (C=O) groups excluding carboxylic acids is 2. The van der Waals surface area contributed by atoms with E-state index in [9.17, 15) is 24.2 Å². The molecule has 270 valence electrons. The number of amides is 1. The Morgan fingerprint density at radius 3 is 2.04 bits per heavy atom. The van der Waals surface area contributed by atoms with Crippen LogP contribution < -0.4 is 5.32 Å². The van der Waals surface area contributed by atoms with Crippen LogP contribution in [0.15, 0.2) is 85.2 Å². The largest absolute Gasteiger partial charge is 0.460 e. The lowest BCUT2D eigenvalue weighted by Gasteiger charge is -2.22. The molecule has 2 aromatic carbocycles. The fourth-order valence-electron chi connectivity index (χ4n) is 5.35. The molecule has 1 heterocycles. The van der Waals surface area contributed by atoms with Crippen LogP contribution in [-0.2, 0) is 22.5 Å². The number of para-hydroxylation sites is 1. The molecule has 0 saturated heterocycles. The van der Waals surface area contributed by atoms with E-state index in [1.807, 2.05) is 74.5 Å². The number of aromatic nitrogens is 1. The summed E-state index contributed by atoms with van der Waals surface area (Å²) in [6.45, 7) is 17.6. The lowest BCUT2D eigenvalue weighted by molar-refractivity contribution is -0.157. The summed E-state index contributed by atoms with van der Waals surface area (Å²) >= 11 is 0. The molecule has 3 N–H and O–H groups in total. The van der Waals surface area contributed by atoms with Crippen LogP contribution in [0.3, 0.4) is 0 Å². The fraction of sp³-hybridized carbons (Fsp3) is 0.463. The molecular weight excluding hydrogens is 619 g/mol. The fourth-order valence-corrected chi connectivity index (χ4v) is 5.35. The van der Waals surface area contributed by atoms with Gasteiger partial charge in [0, 0.05) is 35.6 Å². The van der Waals surface area contributed by atoms with Crippen molar-refractivity contribution in [1.82, 2.24) is 4.57 Å². The number of rotatable bonds is 14. The summed E-state index contributed by atoms with van der Waals surface area (Å²) in [5.41, 5.74) is 4.45. The third kappa shape index (κ3) is 15.0. The zero-order valence-electron chi connectivity index (χ0n) is 31.0. The van der Waals surface area contributed by atoms with Crippen LogP contribution >= 0.6 is 0 Å². The minimum Gasteiger partial charge on any atom is -0.460 e. The first-order valence-electron chi connectivity index (χ1n) is 17.4. The van der Waals surface area contributed by atoms with Gasteiger partial charge < -0.3 is 24.8 Å². The maximum absolute atomic E-state index is 14.0. The molecule has 0 bridgehead atoms. The predicted octanol–water partition coefficient (Wildman–Crippen LogP) is 9.79. The van der Waals surface area contributed by atoms with Crippen molar-refractivity contribution in [3.8, 4) is 11.1 Å². The lowest BCUT2D eigenvalue weighted by atomic mass is 9.95. The van der Waals surface area contributed by atoms with Crippen molar-refractivity contribution in [3.05, 3.63) is 102 Å². The summed E-state index contributed by atoms with van der Waals surface area (Å²) in [4.78, 5) is 26.2. The third-order valence-electron chi connectivity index (χ3n) is 7.17. The molecular formula is C41H59FN2O5. The van der Waals surface area contributed by atoms with E-state index in [1.54, 1.807) is 27.7 Å². The average Bonchev–Trinajstić information content (AvgIpc) is 3.39. The summed E-state index contributed by atoms with van der Waals surface area (Å²) in [6, 6.07) is 19.4. The molecule has 0 radical (unpaired) electrons. The van der Waals surface area contributed by atoms with E-state index < -0.39 is 23.8 Å². The Hall–Kier alpha value is -4.01. The van der Waals surface area contributed by atoms with Gasteiger partial charge in [0.25, 0.3) is 5.91 Å². The van der Waals surface area contributed by atoms with E-state index in [-0.39, 0.29) is 24.7 Å². The first-order valence-corrected chi connectivity index (χ1v) is 17.4. The highest BCUT2D eigenvalue weighted by atomic mass is 19.1. The Kier molecular flexibility index (Phi) is 19.8. The van der Waals surface area contributed by atoms with Crippen LogP contribution in [0.2, 0.25) is 0 Å². The number of aliphatic hydroxyl groups excluding tert-OH is 2. The quantitative estimate of drug-likeness (QED) is 0.116. The minimum atomic E-state index is -1.02. The van der Waals surface area contributed by atoms with Crippen molar-refractivity contribution >= 4 is 17.6 Å². The molecule has 3 aromatic rings. The zero-order valence-corrected chi connectivity index (χ0v) is 31.0. The van der Waals surface area contributed by atoms with E-state index in [4.69, 9.17) is 4.74 Å². The van der Waals surface area contributed by atoms with Crippen molar-refractivity contribution in [2.45, 2.75) is 125 Å². The number of ether oxygens (including phenoxy) is 1. The summed E-state index contributed by atoms with van der Waals surface area (Å²) in [5.74, 6) is -0.661. The minimum absolute atomic E-state index is 0.0118. The number of carbonyl (C=O) groups is 2. The number of allylic oxidation sites excluding steroid dienone is 3. The Morgan fingerprint density at radius 1 is 0.959 bits per heavy atom. The van der Waals surface area contributed by atoms with Gasteiger partial charge in [0.05, 0.1) is 30.5 Å². The average molecular weight is 679 g/mol. The highest BCUT2D eigenvalue weighted by molar-refractivity contribution is 6.10. The molecule has 0 aliphatic heterocycles. The summed E-state index contributed by atoms with van der Waals surface area (Å²) < 4.78 is 18.0. The van der Waals surface area contributed by atoms with Crippen LogP contribution in [-0.4, -0.2) is 44.5 Å². The Labute approximate surface area is 293 Å². The molecule has 2 atom stereocenters. The van der Waals surface area contributed by atoms with Gasteiger partial charge in [-0.3, -0.25) is 9.59 Å². The molecule has 8 heteroatoms. The summed E-state index contributed by atoms with van der Waals surface area (Å²) in [5, 5.41) is 24.5. The van der Waals surface area contributed by atoms with Gasteiger partial charge in [-0.15, -0.1) is 0 Å². The highest BCUT2D eigenvalue weighted by Gasteiger charge is 2.30. The van der Waals surface area contributed by atoms with Gasteiger partial charge in [0.15, 0.2) is 0 Å². The first kappa shape index (κ1) is 43.0. The molecule has 0 aliphatic rings. The number of benzene rings is 2. The van der Waals surface area contributed by atoms with Gasteiger partial charge in [-0.05, 0) is 70.6 Å². The number of hydrogen-bond acceptors (Lipinski definition) is 5. The van der Waals surface area contributed by atoms with Crippen LogP contribution in [0.5, 0.6) is 0 Å². The third-order valence-corrected chi connectivity index (χ3v) is 7.17. The van der Waals surface area contributed by atoms with Crippen LogP contribution in [0.4, 0.5) is 10.1 Å². The van der Waals surface area contributed by atoms with Crippen LogP contribution in [0.1, 0.15) is 116 Å². The van der Waals surface area contributed by atoms with Crippen molar-refractivity contribution < 1.29 is 28.9 Å². The molecule has 49 heavy (non-hydrogen) atoms. The molecule has 7 nitrogen and oxygen atoms in total. The number of anilines is 1. The summed E-state index contributed by atoms with van der Waals surface area (Å²) in [6.07, 6.45) is 5.95. The van der Waals surface area contributed by atoms with Gasteiger partial charge in [-0.2, -0.15) is 0 Å². The van der Waals surface area contributed by atoms with Crippen molar-refractivity contribution in [3.63, 3.8) is 0 Å². The molecule has 0 fully saturated rings. The second-order valence-corrected chi connectivity index (χ2v) is 12.7. The Morgan fingerprint density at radius 2 is 1.53 bits per heavy atom. The van der Waals surface area contributed by atoms with Crippen molar-refractivity contribution in [2.24, 2.45) is 0 Å². The number of hydrogen-bond donors (Lipinski definition) is 3. The zero-order chi connectivity index (χ0) is 37.0. The Bertz CT molecular complexity index is 1440. The molecule has 3 rings (SSSR count). The van der Waals surface area contributed by atoms with Crippen molar-refractivity contribution in [1.29, 1.82) is 0 Å². The molecule has 0 saturated carbocycles. The van der Waals surface area contributed by atoms with Gasteiger partial charge in [0.1, 0.15) is 5.60 Å². The smallest absolute Gasteiger partial charge is 0.308 e. The van der Waals surface area contributed by atoms with Crippen molar-refractivity contribution in [2.75, 3.05) is 5.32 Å². The second-order valence-electron chi connectivity index (χ2n) is 12.7. The van der Waals surface area contributed by atoms with E-state index >= 15 is 0 Å². The Balaban J connectivity index is 0.00000186. The number of esters is 1. The van der Waals surface area contributed by atoms with Gasteiger partial charge in [0.2, 0.25) is 0 Å². The maximum atomic E-state index is 14.0. The van der Waals surface area contributed by atoms with Crippen LogP contribution in [0, 0.1) is 0 Å². The SMILES string of the molecule is C/C=C/F.CC.CC/C=C\Cc1c(-c2ccccc2)c(C(=O)Nc2ccccc2)c(C(C)C)n1CC[C@@H](O)CC(O)CC(=O)OC(C)(C)C. The highest BCUT2D eigenvalue weighted by Crippen LogP contribution is 2.38. The number of nitrogens with one attached hydrogen (secondary N) is 1. The molecule has 1 unspecified atom stereocenters. The second kappa shape index (κ2) is 22.6. The number of halogens is 1. The van der Waals surface area contributed by atoms with Gasteiger partial charge in [-0.25, -0.2) is 4.39 Å². The first-order chi connectivity index (χ1) is 23.3. The molecule has 0 spiro atoms. The van der Waals surface area contributed by atoms with E-state index in [1.165, 1.54) is 6.08 Å². The topological polar surface area (TPSA) is 101 Å².